The highest BCUT2D eigenvalue weighted by Crippen LogP contribution is 2.23. The van der Waals surface area contributed by atoms with E-state index in [0.29, 0.717) is 12.3 Å². The zero-order valence-electron chi connectivity index (χ0n) is 9.43. The van der Waals surface area contributed by atoms with Crippen LogP contribution in [0, 0.1) is 5.92 Å². The lowest BCUT2D eigenvalue weighted by Gasteiger charge is -2.32. The van der Waals surface area contributed by atoms with E-state index in [4.69, 9.17) is 0 Å². The number of hydrogen-bond acceptors (Lipinski definition) is 3. The summed E-state index contributed by atoms with van der Waals surface area (Å²) in [4.78, 5) is 25.1. The number of aliphatic hydroxyl groups excluding tert-OH is 1. The zero-order valence-corrected chi connectivity index (χ0v) is 9.43. The van der Waals surface area contributed by atoms with Crippen molar-refractivity contribution in [3.05, 3.63) is 11.8 Å². The Balaban J connectivity index is 2.17. The molecule has 0 aromatic heterocycles. The van der Waals surface area contributed by atoms with Crippen molar-refractivity contribution in [1.82, 2.24) is 10.2 Å². The Labute approximate surface area is 94.1 Å². The van der Waals surface area contributed by atoms with Crippen molar-refractivity contribution in [3.63, 3.8) is 0 Å². The SMILES string of the molecule is CC(C)CC1NC(=O)C2=CC(O)CN2C1=O. The predicted molar refractivity (Wildman–Crippen MR) is 57.2 cm³/mol. The summed E-state index contributed by atoms with van der Waals surface area (Å²) in [6, 6.07) is -0.449. The van der Waals surface area contributed by atoms with Crippen LogP contribution in [-0.4, -0.2) is 40.5 Å². The Morgan fingerprint density at radius 3 is 2.88 bits per heavy atom. The fraction of sp³-hybridized carbons (Fsp3) is 0.636. The number of rotatable bonds is 2. The molecule has 2 aliphatic heterocycles. The van der Waals surface area contributed by atoms with Crippen LogP contribution in [0.15, 0.2) is 11.8 Å². The van der Waals surface area contributed by atoms with Crippen LogP contribution in [0.3, 0.4) is 0 Å². The van der Waals surface area contributed by atoms with Crippen molar-refractivity contribution in [2.45, 2.75) is 32.4 Å². The molecule has 2 heterocycles. The summed E-state index contributed by atoms with van der Waals surface area (Å²) < 4.78 is 0. The molecule has 2 unspecified atom stereocenters. The molecule has 0 saturated carbocycles. The first-order valence-corrected chi connectivity index (χ1v) is 5.51. The normalized spacial score (nSPS) is 29.2. The van der Waals surface area contributed by atoms with E-state index >= 15 is 0 Å². The van der Waals surface area contributed by atoms with Crippen molar-refractivity contribution in [2.75, 3.05) is 6.54 Å². The summed E-state index contributed by atoms with van der Waals surface area (Å²) >= 11 is 0. The molecule has 1 fully saturated rings. The molecule has 5 heteroatoms. The van der Waals surface area contributed by atoms with E-state index in [1.165, 1.54) is 11.0 Å². The Morgan fingerprint density at radius 2 is 2.25 bits per heavy atom. The molecule has 2 rings (SSSR count). The van der Waals surface area contributed by atoms with Gasteiger partial charge in [-0.2, -0.15) is 0 Å². The summed E-state index contributed by atoms with van der Waals surface area (Å²) in [5.74, 6) is -0.0368. The number of fused-ring (bicyclic) bond motifs is 1. The maximum Gasteiger partial charge on any atom is 0.268 e. The third-order valence-corrected chi connectivity index (χ3v) is 2.82. The first-order chi connectivity index (χ1) is 7.49. The van der Waals surface area contributed by atoms with Crippen LogP contribution in [-0.2, 0) is 9.59 Å². The monoisotopic (exact) mass is 224 g/mol. The average Bonchev–Trinajstić information content (AvgIpc) is 2.56. The van der Waals surface area contributed by atoms with E-state index in [1.54, 1.807) is 0 Å². The lowest BCUT2D eigenvalue weighted by atomic mass is 10.0. The number of aliphatic hydroxyl groups is 1. The fourth-order valence-corrected chi connectivity index (χ4v) is 2.13. The lowest BCUT2D eigenvalue weighted by Crippen LogP contribution is -2.56. The molecule has 2 amide bonds. The highest BCUT2D eigenvalue weighted by atomic mass is 16.3. The molecule has 0 spiro atoms. The smallest absolute Gasteiger partial charge is 0.268 e. The Bertz CT molecular complexity index is 362. The van der Waals surface area contributed by atoms with Crippen LogP contribution in [0.5, 0.6) is 0 Å². The number of nitrogens with one attached hydrogen (secondary N) is 1. The Hall–Kier alpha value is -1.36. The third-order valence-electron chi connectivity index (χ3n) is 2.82. The molecule has 0 bridgehead atoms. The van der Waals surface area contributed by atoms with E-state index in [0.717, 1.165) is 0 Å². The Kier molecular flexibility index (Phi) is 2.71. The quantitative estimate of drug-likeness (QED) is 0.671. The van der Waals surface area contributed by atoms with Crippen molar-refractivity contribution in [2.24, 2.45) is 5.92 Å². The van der Waals surface area contributed by atoms with Gasteiger partial charge < -0.3 is 15.3 Å². The third kappa shape index (κ3) is 1.82. The molecule has 0 radical (unpaired) electrons. The summed E-state index contributed by atoms with van der Waals surface area (Å²) in [7, 11) is 0. The maximum absolute atomic E-state index is 12.0. The molecule has 2 atom stereocenters. The molecule has 0 aromatic rings. The second-order valence-electron chi connectivity index (χ2n) is 4.72. The number of amides is 2. The molecule has 0 aliphatic carbocycles. The minimum atomic E-state index is -0.720. The maximum atomic E-state index is 12.0. The zero-order chi connectivity index (χ0) is 11.9. The van der Waals surface area contributed by atoms with Gasteiger partial charge in [0.1, 0.15) is 11.7 Å². The van der Waals surface area contributed by atoms with Gasteiger partial charge in [0.25, 0.3) is 5.91 Å². The van der Waals surface area contributed by atoms with Crippen LogP contribution in [0.2, 0.25) is 0 Å². The van der Waals surface area contributed by atoms with Gasteiger partial charge in [-0.3, -0.25) is 9.59 Å². The number of hydrogen-bond donors (Lipinski definition) is 2. The summed E-state index contributed by atoms with van der Waals surface area (Å²) in [6.45, 7) is 4.21. The molecular weight excluding hydrogens is 208 g/mol. The lowest BCUT2D eigenvalue weighted by molar-refractivity contribution is -0.140. The average molecular weight is 224 g/mol. The molecule has 5 nitrogen and oxygen atoms in total. The molecule has 2 aliphatic rings. The molecular formula is C11H16N2O3. The van der Waals surface area contributed by atoms with Crippen LogP contribution in [0.4, 0.5) is 0 Å². The first kappa shape index (κ1) is 11.1. The van der Waals surface area contributed by atoms with Crippen LogP contribution >= 0.6 is 0 Å². The topological polar surface area (TPSA) is 69.6 Å². The Morgan fingerprint density at radius 1 is 1.56 bits per heavy atom. The fourth-order valence-electron chi connectivity index (χ4n) is 2.13. The number of carbonyl (C=O) groups is 2. The predicted octanol–water partition coefficient (Wildman–Crippen LogP) is -0.382. The summed E-state index contributed by atoms with van der Waals surface area (Å²) in [5.41, 5.74) is 0.289. The largest absolute Gasteiger partial charge is 0.387 e. The van der Waals surface area contributed by atoms with Gasteiger partial charge in [-0.25, -0.2) is 0 Å². The molecule has 0 aromatic carbocycles. The minimum Gasteiger partial charge on any atom is -0.387 e. The van der Waals surface area contributed by atoms with Gasteiger partial charge in [0, 0.05) is 0 Å². The number of carbonyl (C=O) groups excluding carboxylic acids is 2. The van der Waals surface area contributed by atoms with Crippen LogP contribution < -0.4 is 5.32 Å². The highest BCUT2D eigenvalue weighted by molar-refractivity contribution is 6.05. The van der Waals surface area contributed by atoms with E-state index in [2.05, 4.69) is 5.32 Å². The summed E-state index contributed by atoms with van der Waals surface area (Å²) in [5, 5.41) is 12.1. The minimum absolute atomic E-state index is 0.115. The molecule has 1 saturated heterocycles. The van der Waals surface area contributed by atoms with Crippen molar-refractivity contribution < 1.29 is 14.7 Å². The summed E-state index contributed by atoms with van der Waals surface area (Å²) in [6.07, 6.45) is 1.34. The van der Waals surface area contributed by atoms with E-state index < -0.39 is 12.1 Å². The standard InChI is InChI=1S/C11H16N2O3/c1-6(2)3-8-11(16)13-5-7(14)4-9(13)10(15)12-8/h4,6-8,14H,3,5H2,1-2H3,(H,12,15). The van der Waals surface area contributed by atoms with E-state index in [1.807, 2.05) is 13.8 Å². The number of nitrogens with zero attached hydrogens (tertiary/aromatic N) is 1. The van der Waals surface area contributed by atoms with Crippen LogP contribution in [0.1, 0.15) is 20.3 Å². The molecule has 16 heavy (non-hydrogen) atoms. The van der Waals surface area contributed by atoms with Crippen molar-refractivity contribution in [1.29, 1.82) is 0 Å². The second-order valence-corrected chi connectivity index (χ2v) is 4.72. The van der Waals surface area contributed by atoms with Gasteiger partial charge in [-0.05, 0) is 18.4 Å². The van der Waals surface area contributed by atoms with Crippen molar-refractivity contribution >= 4 is 11.8 Å². The number of piperazine rings is 1. The van der Waals surface area contributed by atoms with Gasteiger partial charge >= 0.3 is 0 Å². The van der Waals surface area contributed by atoms with Crippen molar-refractivity contribution in [3.8, 4) is 0 Å². The molecule has 2 N–H and O–H groups in total. The van der Waals surface area contributed by atoms with E-state index in [9.17, 15) is 14.7 Å². The highest BCUT2D eigenvalue weighted by Gasteiger charge is 2.40. The van der Waals surface area contributed by atoms with Crippen LogP contribution in [0.25, 0.3) is 0 Å². The van der Waals surface area contributed by atoms with Gasteiger partial charge in [0.05, 0.1) is 12.6 Å². The molecule has 88 valence electrons. The second kappa shape index (κ2) is 3.90. The van der Waals surface area contributed by atoms with Gasteiger partial charge in [0.15, 0.2) is 0 Å². The first-order valence-electron chi connectivity index (χ1n) is 5.51. The van der Waals surface area contributed by atoms with Gasteiger partial charge in [0.2, 0.25) is 5.91 Å². The van der Waals surface area contributed by atoms with Gasteiger partial charge in [-0.15, -0.1) is 0 Å². The van der Waals surface area contributed by atoms with Gasteiger partial charge in [-0.1, -0.05) is 13.8 Å². The van der Waals surface area contributed by atoms with E-state index in [-0.39, 0.29) is 24.1 Å².